The van der Waals surface area contributed by atoms with Crippen molar-refractivity contribution in [2.75, 3.05) is 40.8 Å². The van der Waals surface area contributed by atoms with Crippen LogP contribution in [0.25, 0.3) is 0 Å². The first-order valence-corrected chi connectivity index (χ1v) is 12.0. The monoisotopic (exact) mass is 374 g/mol. The van der Waals surface area contributed by atoms with E-state index in [9.17, 15) is 4.79 Å². The normalized spacial score (nSPS) is 13.6. The van der Waals surface area contributed by atoms with Gasteiger partial charge in [-0.15, -0.1) is 0 Å². The maximum absolute atomic E-state index is 12.1. The number of methoxy groups -OCH3 is 2. The fraction of sp³-hybridized carbons (Fsp3) is 0.842. The van der Waals surface area contributed by atoms with Crippen molar-refractivity contribution in [1.29, 1.82) is 0 Å². The average Bonchev–Trinajstić information content (AvgIpc) is 2.54. The van der Waals surface area contributed by atoms with Crippen LogP contribution in [0.2, 0.25) is 18.1 Å². The second-order valence-electron chi connectivity index (χ2n) is 7.85. The molecule has 0 amide bonds. The van der Waals surface area contributed by atoms with Crippen molar-refractivity contribution in [3.8, 4) is 0 Å². The number of hydrogen-bond acceptors (Lipinski definition) is 5. The Morgan fingerprint density at radius 1 is 0.960 bits per heavy atom. The summed E-state index contributed by atoms with van der Waals surface area (Å²) < 4.78 is 20.6. The van der Waals surface area contributed by atoms with Crippen molar-refractivity contribution in [3.63, 3.8) is 0 Å². The highest BCUT2D eigenvalue weighted by Crippen LogP contribution is 2.43. The first kappa shape index (κ1) is 24.3. The van der Waals surface area contributed by atoms with Gasteiger partial charge in [0.05, 0.1) is 28.4 Å². The third kappa shape index (κ3) is 8.49. The first-order chi connectivity index (χ1) is 11.6. The fourth-order valence-electron chi connectivity index (χ4n) is 2.52. The maximum Gasteiger partial charge on any atom is 0.332 e. The van der Waals surface area contributed by atoms with Gasteiger partial charge >= 0.3 is 5.97 Å². The molecule has 0 saturated carbocycles. The molecule has 0 saturated heterocycles. The second kappa shape index (κ2) is 11.8. The van der Waals surface area contributed by atoms with Crippen LogP contribution in [0, 0.1) is 0 Å². The van der Waals surface area contributed by atoms with Gasteiger partial charge in [0.15, 0.2) is 0 Å². The lowest BCUT2D eigenvalue weighted by molar-refractivity contribution is -0.136. The van der Waals surface area contributed by atoms with Crippen LogP contribution in [0.5, 0.6) is 0 Å². The number of carbonyl (C=O) groups is 1. The van der Waals surface area contributed by atoms with Gasteiger partial charge < -0.3 is 18.9 Å². The van der Waals surface area contributed by atoms with Gasteiger partial charge in [-0.2, -0.15) is 0 Å². The van der Waals surface area contributed by atoms with Gasteiger partial charge in [0.2, 0.25) is 0 Å². The van der Waals surface area contributed by atoms with Crippen LogP contribution < -0.4 is 0 Å². The van der Waals surface area contributed by atoms with Crippen molar-refractivity contribution in [1.82, 2.24) is 0 Å². The van der Waals surface area contributed by atoms with Crippen LogP contribution in [0.4, 0.5) is 0 Å². The molecule has 0 aliphatic heterocycles. The Balaban J connectivity index is 4.62. The summed E-state index contributed by atoms with van der Waals surface area (Å²) in [6, 6.07) is 0. The molecule has 148 valence electrons. The Bertz CT molecular complexity index is 424. The fourth-order valence-corrected chi connectivity index (χ4v) is 5.27. The average molecular weight is 375 g/mol. The number of rotatable bonds is 12. The number of ether oxygens (including phenoxy) is 4. The van der Waals surface area contributed by atoms with E-state index in [-0.39, 0.29) is 11.0 Å². The summed E-state index contributed by atoms with van der Waals surface area (Å²) in [6.07, 6.45) is 2.86. The molecule has 0 heterocycles. The highest BCUT2D eigenvalue weighted by molar-refractivity contribution is 6.87. The number of esters is 1. The highest BCUT2D eigenvalue weighted by Gasteiger charge is 2.39. The van der Waals surface area contributed by atoms with Gasteiger partial charge in [0.1, 0.15) is 6.79 Å². The summed E-state index contributed by atoms with van der Waals surface area (Å²) >= 11 is 0. The third-order valence-electron chi connectivity index (χ3n) is 5.14. The Morgan fingerprint density at radius 3 is 2.08 bits per heavy atom. The zero-order chi connectivity index (χ0) is 19.5. The lowest BCUT2D eigenvalue weighted by atomic mass is 10.1. The van der Waals surface area contributed by atoms with Gasteiger partial charge in [-0.3, -0.25) is 0 Å². The minimum absolute atomic E-state index is 0.184. The van der Waals surface area contributed by atoms with E-state index in [0.717, 1.165) is 24.8 Å². The van der Waals surface area contributed by atoms with E-state index >= 15 is 0 Å². The molecule has 0 aromatic carbocycles. The van der Waals surface area contributed by atoms with Crippen molar-refractivity contribution in [2.24, 2.45) is 0 Å². The molecule has 0 radical (unpaired) electrons. The zero-order valence-corrected chi connectivity index (χ0v) is 18.5. The minimum Gasteiger partial charge on any atom is -0.466 e. The molecule has 0 aliphatic rings. The quantitative estimate of drug-likeness (QED) is 0.167. The second-order valence-corrected chi connectivity index (χ2v) is 13.2. The van der Waals surface area contributed by atoms with Gasteiger partial charge in [0.25, 0.3) is 0 Å². The Hall–Kier alpha value is -0.693. The van der Waals surface area contributed by atoms with Crippen LogP contribution in [0.15, 0.2) is 10.8 Å². The predicted molar refractivity (Wildman–Crippen MR) is 104 cm³/mol. The van der Waals surface area contributed by atoms with Crippen LogP contribution in [0.3, 0.4) is 0 Å². The van der Waals surface area contributed by atoms with E-state index in [2.05, 4.69) is 33.9 Å². The van der Waals surface area contributed by atoms with E-state index in [1.165, 1.54) is 12.3 Å². The SMILES string of the molecule is COCCOCOCCCC/C(=C(\C)C(=O)OC)[Si](C)(C)C(C)(C)C. The highest BCUT2D eigenvalue weighted by atomic mass is 28.3. The van der Waals surface area contributed by atoms with Gasteiger partial charge in [-0.25, -0.2) is 4.79 Å². The van der Waals surface area contributed by atoms with Crippen LogP contribution in [0.1, 0.15) is 47.0 Å². The largest absolute Gasteiger partial charge is 0.466 e. The topological polar surface area (TPSA) is 54.0 Å². The summed E-state index contributed by atoms with van der Waals surface area (Å²) in [6.45, 7) is 15.5. The Labute approximate surface area is 155 Å². The standard InChI is InChI=1S/C19H38O5Si/c1-16(18(20)22-6)17(25(7,8)19(2,3)4)11-9-10-12-23-15-24-14-13-21-5/h9-15H2,1-8H3/b17-16-. The summed E-state index contributed by atoms with van der Waals surface area (Å²) in [5, 5.41) is 1.49. The lowest BCUT2D eigenvalue weighted by Gasteiger charge is -2.40. The number of carbonyl (C=O) groups excluding carboxylic acids is 1. The molecule has 0 atom stereocenters. The molecule has 0 spiro atoms. The Kier molecular flexibility index (Phi) is 11.5. The Morgan fingerprint density at radius 2 is 1.56 bits per heavy atom. The van der Waals surface area contributed by atoms with Crippen LogP contribution >= 0.6 is 0 Å². The summed E-state index contributed by atoms with van der Waals surface area (Å²) in [5.41, 5.74) is 0.790. The molecule has 0 bridgehead atoms. The van der Waals surface area contributed by atoms with E-state index in [0.29, 0.717) is 26.6 Å². The molecule has 0 aromatic rings. The number of hydrogen-bond donors (Lipinski definition) is 0. The van der Waals surface area contributed by atoms with Crippen molar-refractivity contribution in [3.05, 3.63) is 10.8 Å². The first-order valence-electron chi connectivity index (χ1n) is 9.02. The predicted octanol–water partition coefficient (Wildman–Crippen LogP) is 4.33. The smallest absolute Gasteiger partial charge is 0.332 e. The van der Waals surface area contributed by atoms with Gasteiger partial charge in [0, 0.05) is 19.3 Å². The van der Waals surface area contributed by atoms with E-state index < -0.39 is 8.07 Å². The van der Waals surface area contributed by atoms with Gasteiger partial charge in [-0.1, -0.05) is 39.1 Å². The molecule has 5 nitrogen and oxygen atoms in total. The molecule has 0 N–H and O–H groups in total. The van der Waals surface area contributed by atoms with E-state index in [1.54, 1.807) is 7.11 Å². The molecule has 6 heteroatoms. The number of unbranched alkanes of at least 4 members (excludes halogenated alkanes) is 1. The third-order valence-corrected chi connectivity index (χ3v) is 11.0. The van der Waals surface area contributed by atoms with E-state index in [4.69, 9.17) is 18.9 Å². The molecule has 25 heavy (non-hydrogen) atoms. The van der Waals surface area contributed by atoms with Crippen molar-refractivity contribution >= 4 is 14.0 Å². The molecule has 0 fully saturated rings. The summed E-state index contributed by atoms with van der Waals surface area (Å²) in [4.78, 5) is 12.1. The summed E-state index contributed by atoms with van der Waals surface area (Å²) in [7, 11) is 1.33. The molecular formula is C19H38O5Si. The lowest BCUT2D eigenvalue weighted by Crippen LogP contribution is -2.41. The van der Waals surface area contributed by atoms with Crippen molar-refractivity contribution in [2.45, 2.75) is 65.1 Å². The molecule has 0 aliphatic carbocycles. The van der Waals surface area contributed by atoms with Gasteiger partial charge in [-0.05, 0) is 31.2 Å². The molecule has 0 rings (SSSR count). The molecule has 0 aromatic heterocycles. The summed E-state index contributed by atoms with van der Waals surface area (Å²) in [5.74, 6) is -0.206. The zero-order valence-electron chi connectivity index (χ0n) is 17.5. The van der Waals surface area contributed by atoms with E-state index in [1.807, 2.05) is 6.92 Å². The minimum atomic E-state index is -1.77. The maximum atomic E-state index is 12.1. The van der Waals surface area contributed by atoms with Crippen molar-refractivity contribution < 1.29 is 23.7 Å². The van der Waals surface area contributed by atoms with Crippen LogP contribution in [-0.4, -0.2) is 54.9 Å². The molecule has 0 unspecified atom stereocenters. The molecular weight excluding hydrogens is 336 g/mol. The number of allylic oxidation sites excluding steroid dienone is 1. The van der Waals surface area contributed by atoms with Crippen LogP contribution in [-0.2, 0) is 23.7 Å².